The number of allylic oxidation sites excluding steroid dienone is 1. The molecule has 180 valence electrons. The first-order valence-electron chi connectivity index (χ1n) is 11.6. The molecule has 1 atom stereocenters. The molecule has 3 aromatic rings. The van der Waals surface area contributed by atoms with Crippen LogP contribution < -0.4 is 15.4 Å². The normalized spacial score (nSPS) is 16.3. The molecular weight excluding hydrogens is 520 g/mol. The second-order valence-electron chi connectivity index (χ2n) is 8.43. The van der Waals surface area contributed by atoms with Gasteiger partial charge < -0.3 is 15.4 Å². The van der Waals surface area contributed by atoms with Crippen LogP contribution in [-0.4, -0.2) is 11.4 Å². The third-order valence-corrected chi connectivity index (χ3v) is 7.32. The van der Waals surface area contributed by atoms with Crippen LogP contribution in [-0.2, 0) is 24.2 Å². The number of rotatable bonds is 9. The summed E-state index contributed by atoms with van der Waals surface area (Å²) in [4.78, 5) is 13.3. The van der Waals surface area contributed by atoms with Crippen LogP contribution in [0.1, 0.15) is 34.7 Å². The summed E-state index contributed by atoms with van der Waals surface area (Å²) < 4.78 is 7.03. The quantitative estimate of drug-likeness (QED) is 0.219. The van der Waals surface area contributed by atoms with E-state index in [9.17, 15) is 4.79 Å². The Balaban J connectivity index is 1.49. The van der Waals surface area contributed by atoms with Crippen LogP contribution in [0.3, 0.4) is 0 Å². The van der Waals surface area contributed by atoms with Crippen molar-refractivity contribution in [3.63, 3.8) is 0 Å². The molecule has 35 heavy (non-hydrogen) atoms. The molecule has 4 nitrogen and oxygen atoms in total. The monoisotopic (exact) mass is 548 g/mol. The zero-order valence-electron chi connectivity index (χ0n) is 19.9. The van der Waals surface area contributed by atoms with Gasteiger partial charge in [0.15, 0.2) is 5.50 Å². The van der Waals surface area contributed by atoms with E-state index in [0.29, 0.717) is 17.9 Å². The molecule has 0 bridgehead atoms. The number of carbonyl (C=O) groups excluding carboxylic acids is 1. The van der Waals surface area contributed by atoms with Gasteiger partial charge in [0, 0.05) is 5.69 Å². The second kappa shape index (κ2) is 11.6. The van der Waals surface area contributed by atoms with Crippen molar-refractivity contribution in [1.29, 1.82) is 0 Å². The van der Waals surface area contributed by atoms with Crippen molar-refractivity contribution in [2.45, 2.75) is 38.8 Å². The topological polar surface area (TPSA) is 50.4 Å². The minimum atomic E-state index is -0.213. The van der Waals surface area contributed by atoms with Crippen LogP contribution in [0.5, 0.6) is 5.75 Å². The van der Waals surface area contributed by atoms with Gasteiger partial charge in [0.05, 0.1) is 9.38 Å². The Morgan fingerprint density at radius 1 is 1.11 bits per heavy atom. The Bertz CT molecular complexity index is 1240. The minimum absolute atomic E-state index is 0.0845. The van der Waals surface area contributed by atoms with Crippen molar-refractivity contribution < 1.29 is 9.53 Å². The molecule has 1 heterocycles. The number of carbonyl (C=O) groups is 1. The largest absolute Gasteiger partial charge is 0.487 e. The van der Waals surface area contributed by atoms with E-state index in [1.54, 1.807) is 0 Å². The summed E-state index contributed by atoms with van der Waals surface area (Å²) in [5.41, 5.74) is 6.33. The van der Waals surface area contributed by atoms with Crippen LogP contribution in [0.25, 0.3) is 6.08 Å². The number of hydrogen-bond acceptors (Lipinski definition) is 4. The van der Waals surface area contributed by atoms with E-state index in [2.05, 4.69) is 89.5 Å². The Hall–Kier alpha value is -2.96. The molecule has 0 aliphatic carbocycles. The fourth-order valence-corrected chi connectivity index (χ4v) is 5.39. The average molecular weight is 550 g/mol. The highest BCUT2D eigenvalue weighted by molar-refractivity contribution is 9.10. The highest BCUT2D eigenvalue weighted by atomic mass is 79.9. The lowest BCUT2D eigenvalue weighted by molar-refractivity contribution is -0.116. The van der Waals surface area contributed by atoms with E-state index in [0.717, 1.165) is 39.0 Å². The smallest absolute Gasteiger partial charge is 0.260 e. The highest BCUT2D eigenvalue weighted by Gasteiger charge is 2.27. The predicted molar refractivity (Wildman–Crippen MR) is 150 cm³/mol. The molecule has 1 saturated heterocycles. The highest BCUT2D eigenvalue weighted by Crippen LogP contribution is 2.35. The van der Waals surface area contributed by atoms with Gasteiger partial charge in [-0.15, -0.1) is 6.58 Å². The maximum Gasteiger partial charge on any atom is 0.260 e. The van der Waals surface area contributed by atoms with Crippen molar-refractivity contribution in [1.82, 2.24) is 5.32 Å². The summed E-state index contributed by atoms with van der Waals surface area (Å²) >= 11 is 5.16. The van der Waals surface area contributed by atoms with Crippen LogP contribution >= 0.6 is 27.7 Å². The van der Waals surface area contributed by atoms with Gasteiger partial charge in [-0.3, -0.25) is 4.79 Å². The van der Waals surface area contributed by atoms with Crippen molar-refractivity contribution in [3.05, 3.63) is 111 Å². The lowest BCUT2D eigenvalue weighted by atomic mass is 10.1. The number of aryl methyl sites for hydroxylation is 2. The van der Waals surface area contributed by atoms with Gasteiger partial charge in [0.25, 0.3) is 5.91 Å². The SMILES string of the molecule is C=CCc1cc(/C=C2\S[C@H](Nc3ccc(CC)cc3)NC2=O)cc(Br)c1OCc1ccc(C)cc1. The molecule has 1 aliphatic rings. The van der Waals surface area contributed by atoms with E-state index < -0.39 is 0 Å². The number of halogens is 1. The maximum absolute atomic E-state index is 12.6. The van der Waals surface area contributed by atoms with Crippen LogP contribution in [0.2, 0.25) is 0 Å². The van der Waals surface area contributed by atoms with Gasteiger partial charge in [0.2, 0.25) is 0 Å². The molecule has 0 saturated carbocycles. The lowest BCUT2D eigenvalue weighted by Crippen LogP contribution is -2.30. The zero-order valence-corrected chi connectivity index (χ0v) is 22.3. The first-order chi connectivity index (χ1) is 16.9. The summed E-state index contributed by atoms with van der Waals surface area (Å²) in [5, 5.41) is 6.38. The standard InChI is InChI=1S/C29H29BrN2O2S/c1-4-6-23-15-22(16-25(30)27(23)34-18-21-9-7-19(3)8-10-21)17-26-28(33)32-29(35-26)31-24-13-11-20(5-2)12-14-24/h4,7-17,29,31H,1,5-6,18H2,2-3H3,(H,32,33)/b26-17-/t29-/m1/s1. The average Bonchev–Trinajstić information content (AvgIpc) is 3.18. The molecule has 0 spiro atoms. The predicted octanol–water partition coefficient (Wildman–Crippen LogP) is 7.23. The van der Waals surface area contributed by atoms with Gasteiger partial charge >= 0.3 is 0 Å². The molecule has 1 amide bonds. The Labute approximate surface area is 220 Å². The van der Waals surface area contributed by atoms with Crippen molar-refractivity contribution in [2.24, 2.45) is 0 Å². The van der Waals surface area contributed by atoms with Gasteiger partial charge in [-0.25, -0.2) is 0 Å². The molecule has 6 heteroatoms. The fourth-order valence-electron chi connectivity index (χ4n) is 3.77. The number of nitrogens with one attached hydrogen (secondary N) is 2. The van der Waals surface area contributed by atoms with E-state index >= 15 is 0 Å². The van der Waals surface area contributed by atoms with Crippen molar-refractivity contribution in [2.75, 3.05) is 5.32 Å². The van der Waals surface area contributed by atoms with Gasteiger partial charge in [-0.05, 0) is 88.3 Å². The Kier molecular flexibility index (Phi) is 8.37. The Morgan fingerprint density at radius 2 is 1.83 bits per heavy atom. The number of amides is 1. The van der Waals surface area contributed by atoms with Crippen LogP contribution in [0.15, 0.2) is 82.7 Å². The fraction of sp³-hybridized carbons (Fsp3) is 0.207. The number of thioether (sulfide) groups is 1. The molecule has 4 rings (SSSR count). The summed E-state index contributed by atoms with van der Waals surface area (Å²) in [6.45, 7) is 8.58. The molecule has 2 N–H and O–H groups in total. The van der Waals surface area contributed by atoms with E-state index in [-0.39, 0.29) is 11.4 Å². The van der Waals surface area contributed by atoms with Crippen LogP contribution in [0.4, 0.5) is 5.69 Å². The number of ether oxygens (including phenoxy) is 1. The molecule has 0 unspecified atom stereocenters. The van der Waals surface area contributed by atoms with E-state index in [4.69, 9.17) is 4.74 Å². The molecule has 1 fully saturated rings. The summed E-state index contributed by atoms with van der Waals surface area (Å²) in [6, 6.07) is 20.7. The third kappa shape index (κ3) is 6.59. The summed E-state index contributed by atoms with van der Waals surface area (Å²) in [6.07, 6.45) is 5.44. The van der Waals surface area contributed by atoms with E-state index in [1.165, 1.54) is 22.9 Å². The summed E-state index contributed by atoms with van der Waals surface area (Å²) in [7, 11) is 0. The minimum Gasteiger partial charge on any atom is -0.487 e. The first kappa shape index (κ1) is 25.1. The number of benzene rings is 3. The molecule has 1 aliphatic heterocycles. The van der Waals surface area contributed by atoms with Crippen molar-refractivity contribution >= 4 is 45.4 Å². The zero-order chi connectivity index (χ0) is 24.8. The molecule has 0 aromatic heterocycles. The van der Waals surface area contributed by atoms with Crippen LogP contribution in [0, 0.1) is 6.92 Å². The van der Waals surface area contributed by atoms with Gasteiger partial charge in [-0.1, -0.05) is 66.7 Å². The lowest BCUT2D eigenvalue weighted by Gasteiger charge is -2.14. The number of anilines is 1. The van der Waals surface area contributed by atoms with E-state index in [1.807, 2.05) is 30.4 Å². The third-order valence-electron chi connectivity index (χ3n) is 5.70. The number of hydrogen-bond donors (Lipinski definition) is 2. The summed E-state index contributed by atoms with van der Waals surface area (Å²) in [5.74, 6) is 0.713. The van der Waals surface area contributed by atoms with Gasteiger partial charge in [0.1, 0.15) is 12.4 Å². The Morgan fingerprint density at radius 3 is 2.51 bits per heavy atom. The van der Waals surface area contributed by atoms with Gasteiger partial charge in [-0.2, -0.15) is 0 Å². The molecule has 3 aromatic carbocycles. The molecule has 0 radical (unpaired) electrons. The first-order valence-corrected chi connectivity index (χ1v) is 13.3. The van der Waals surface area contributed by atoms with Crippen molar-refractivity contribution in [3.8, 4) is 5.75 Å². The maximum atomic E-state index is 12.6. The second-order valence-corrected chi connectivity index (χ2v) is 10.4. The molecular formula is C29H29BrN2O2S.